The van der Waals surface area contributed by atoms with Crippen LogP contribution in [0.25, 0.3) is 0 Å². The van der Waals surface area contributed by atoms with Gasteiger partial charge in [-0.05, 0) is 30.3 Å². The van der Waals surface area contributed by atoms with Gasteiger partial charge in [-0.25, -0.2) is 0 Å². The minimum Gasteiger partial charge on any atom is -0.457 e. The van der Waals surface area contributed by atoms with E-state index in [-0.39, 0.29) is 24.9 Å². The normalized spacial score (nSPS) is 16.7. The molecule has 0 radical (unpaired) electrons. The Kier molecular flexibility index (Phi) is 5.40. The molecule has 1 saturated heterocycles. The molecule has 1 atom stereocenters. The van der Waals surface area contributed by atoms with Gasteiger partial charge in [0.05, 0.1) is 6.54 Å². The number of primary amides is 1. The van der Waals surface area contributed by atoms with Gasteiger partial charge < -0.3 is 20.3 Å². The van der Waals surface area contributed by atoms with E-state index < -0.39 is 11.9 Å². The lowest BCUT2D eigenvalue weighted by Gasteiger charge is -2.39. The lowest BCUT2D eigenvalue weighted by atomic mass is 10.1. The number of carbonyl (C=O) groups excluding carboxylic acids is 3. The van der Waals surface area contributed by atoms with E-state index in [0.717, 1.165) is 0 Å². The lowest BCUT2D eigenvalue weighted by Crippen LogP contribution is -2.60. The second kappa shape index (κ2) is 7.90. The SMILES string of the molecule is CC(=O)N1CCN(C(=O)c2cccc(Oc3ccccc3)c2)C[C@@H]1C(N)=O. The monoisotopic (exact) mass is 367 g/mol. The minimum absolute atomic E-state index is 0.0809. The van der Waals surface area contributed by atoms with Crippen molar-refractivity contribution in [2.24, 2.45) is 5.73 Å². The van der Waals surface area contributed by atoms with Gasteiger partial charge in [0, 0.05) is 25.6 Å². The summed E-state index contributed by atoms with van der Waals surface area (Å²) in [6.07, 6.45) is 0. The van der Waals surface area contributed by atoms with Crippen LogP contribution in [0.3, 0.4) is 0 Å². The number of piperazine rings is 1. The van der Waals surface area contributed by atoms with Gasteiger partial charge in [-0.1, -0.05) is 24.3 Å². The van der Waals surface area contributed by atoms with Crippen LogP contribution in [0.4, 0.5) is 0 Å². The molecule has 7 heteroatoms. The highest BCUT2D eigenvalue weighted by atomic mass is 16.5. The molecule has 27 heavy (non-hydrogen) atoms. The maximum absolute atomic E-state index is 12.9. The highest BCUT2D eigenvalue weighted by Gasteiger charge is 2.34. The van der Waals surface area contributed by atoms with Crippen molar-refractivity contribution in [1.82, 2.24) is 9.80 Å². The molecule has 7 nitrogen and oxygen atoms in total. The zero-order valence-electron chi connectivity index (χ0n) is 15.0. The Morgan fingerprint density at radius 2 is 1.70 bits per heavy atom. The van der Waals surface area contributed by atoms with Crippen LogP contribution in [0.5, 0.6) is 11.5 Å². The molecule has 0 unspecified atom stereocenters. The van der Waals surface area contributed by atoms with E-state index in [1.54, 1.807) is 24.3 Å². The van der Waals surface area contributed by atoms with Gasteiger partial charge in [-0.2, -0.15) is 0 Å². The third-order valence-corrected chi connectivity index (χ3v) is 4.46. The van der Waals surface area contributed by atoms with E-state index in [1.807, 2.05) is 30.3 Å². The van der Waals surface area contributed by atoms with Crippen molar-refractivity contribution in [3.05, 3.63) is 60.2 Å². The maximum Gasteiger partial charge on any atom is 0.254 e. The van der Waals surface area contributed by atoms with Gasteiger partial charge in [0.2, 0.25) is 11.8 Å². The zero-order chi connectivity index (χ0) is 19.4. The number of carbonyl (C=O) groups is 3. The number of hydrogen-bond acceptors (Lipinski definition) is 4. The van der Waals surface area contributed by atoms with Crippen molar-refractivity contribution in [2.45, 2.75) is 13.0 Å². The quantitative estimate of drug-likeness (QED) is 0.889. The molecule has 0 aromatic heterocycles. The first-order valence-electron chi connectivity index (χ1n) is 8.64. The fraction of sp³-hybridized carbons (Fsp3) is 0.250. The van der Waals surface area contributed by atoms with Gasteiger partial charge in [-0.15, -0.1) is 0 Å². The molecular weight excluding hydrogens is 346 g/mol. The van der Waals surface area contributed by atoms with Crippen molar-refractivity contribution >= 4 is 17.7 Å². The molecule has 2 aromatic carbocycles. The Hall–Kier alpha value is -3.35. The highest BCUT2D eigenvalue weighted by Crippen LogP contribution is 2.23. The molecule has 1 fully saturated rings. The average molecular weight is 367 g/mol. The van der Waals surface area contributed by atoms with Gasteiger partial charge in [-0.3, -0.25) is 14.4 Å². The first-order valence-corrected chi connectivity index (χ1v) is 8.64. The summed E-state index contributed by atoms with van der Waals surface area (Å²) in [5.41, 5.74) is 5.86. The molecule has 0 spiro atoms. The third-order valence-electron chi connectivity index (χ3n) is 4.46. The second-order valence-electron chi connectivity index (χ2n) is 6.32. The topological polar surface area (TPSA) is 92.9 Å². The lowest BCUT2D eigenvalue weighted by molar-refractivity contribution is -0.140. The van der Waals surface area contributed by atoms with Gasteiger partial charge >= 0.3 is 0 Å². The third kappa shape index (κ3) is 4.25. The first-order chi connectivity index (χ1) is 13.0. The van der Waals surface area contributed by atoms with E-state index in [2.05, 4.69) is 0 Å². The second-order valence-corrected chi connectivity index (χ2v) is 6.32. The Morgan fingerprint density at radius 3 is 2.37 bits per heavy atom. The molecule has 0 saturated carbocycles. The molecule has 3 rings (SSSR count). The van der Waals surface area contributed by atoms with Crippen LogP contribution in [0.1, 0.15) is 17.3 Å². The molecule has 1 aliphatic heterocycles. The fourth-order valence-electron chi connectivity index (χ4n) is 3.09. The predicted octanol–water partition coefficient (Wildman–Crippen LogP) is 1.64. The summed E-state index contributed by atoms with van der Waals surface area (Å²) >= 11 is 0. The summed E-state index contributed by atoms with van der Waals surface area (Å²) in [6.45, 7) is 2.08. The molecule has 1 aliphatic rings. The number of hydrogen-bond donors (Lipinski definition) is 1. The van der Waals surface area contributed by atoms with Crippen molar-refractivity contribution in [1.29, 1.82) is 0 Å². The van der Waals surface area contributed by atoms with E-state index in [1.165, 1.54) is 16.7 Å². The van der Waals surface area contributed by atoms with Gasteiger partial charge in [0.1, 0.15) is 17.5 Å². The minimum atomic E-state index is -0.816. The number of rotatable bonds is 4. The molecular formula is C20H21N3O4. The number of ether oxygens (including phenoxy) is 1. The number of para-hydroxylation sites is 1. The van der Waals surface area contributed by atoms with Crippen LogP contribution in [-0.4, -0.2) is 53.2 Å². The molecule has 0 bridgehead atoms. The molecule has 3 amide bonds. The molecule has 2 aromatic rings. The number of benzene rings is 2. The van der Waals surface area contributed by atoms with Crippen LogP contribution >= 0.6 is 0 Å². The Balaban J connectivity index is 1.75. The van der Waals surface area contributed by atoms with Crippen molar-refractivity contribution < 1.29 is 19.1 Å². The maximum atomic E-state index is 12.9. The number of nitrogens with two attached hydrogens (primary N) is 1. The van der Waals surface area contributed by atoms with Gasteiger partial charge in [0.25, 0.3) is 5.91 Å². The Bertz CT molecular complexity index is 853. The number of amides is 3. The Morgan fingerprint density at radius 1 is 1.00 bits per heavy atom. The van der Waals surface area contributed by atoms with Crippen LogP contribution < -0.4 is 10.5 Å². The van der Waals surface area contributed by atoms with Crippen LogP contribution in [0.15, 0.2) is 54.6 Å². The van der Waals surface area contributed by atoms with Crippen molar-refractivity contribution in [3.63, 3.8) is 0 Å². The highest BCUT2D eigenvalue weighted by molar-refractivity contribution is 5.95. The summed E-state index contributed by atoms with van der Waals surface area (Å²) in [5, 5.41) is 0. The van der Waals surface area contributed by atoms with Crippen molar-refractivity contribution in [2.75, 3.05) is 19.6 Å². The smallest absolute Gasteiger partial charge is 0.254 e. The van der Waals surface area contributed by atoms with Crippen LogP contribution in [0, 0.1) is 0 Å². The summed E-state index contributed by atoms with van der Waals surface area (Å²) in [7, 11) is 0. The largest absolute Gasteiger partial charge is 0.457 e. The fourth-order valence-corrected chi connectivity index (χ4v) is 3.09. The molecule has 2 N–H and O–H groups in total. The summed E-state index contributed by atoms with van der Waals surface area (Å²) in [4.78, 5) is 39.2. The van der Waals surface area contributed by atoms with Crippen LogP contribution in [0.2, 0.25) is 0 Å². The average Bonchev–Trinajstić information content (AvgIpc) is 2.68. The summed E-state index contributed by atoms with van der Waals surface area (Å²) in [6, 6.07) is 15.3. The van der Waals surface area contributed by atoms with Crippen LogP contribution in [-0.2, 0) is 9.59 Å². The summed E-state index contributed by atoms with van der Waals surface area (Å²) in [5.74, 6) is 0.128. The first kappa shape index (κ1) is 18.4. The standard InChI is InChI=1S/C20H21N3O4/c1-14(24)23-11-10-22(13-18(23)19(21)25)20(26)15-6-5-9-17(12-15)27-16-7-3-2-4-8-16/h2-9,12,18H,10-11,13H2,1H3,(H2,21,25)/t18-/m1/s1. The van der Waals surface area contributed by atoms with E-state index in [9.17, 15) is 14.4 Å². The molecule has 0 aliphatic carbocycles. The van der Waals surface area contributed by atoms with E-state index >= 15 is 0 Å². The van der Waals surface area contributed by atoms with Crippen molar-refractivity contribution in [3.8, 4) is 11.5 Å². The zero-order valence-corrected chi connectivity index (χ0v) is 15.0. The molecule has 140 valence electrons. The Labute approximate surface area is 157 Å². The predicted molar refractivity (Wildman–Crippen MR) is 99.2 cm³/mol. The van der Waals surface area contributed by atoms with Gasteiger partial charge in [0.15, 0.2) is 0 Å². The van der Waals surface area contributed by atoms with E-state index in [0.29, 0.717) is 23.6 Å². The van der Waals surface area contributed by atoms with E-state index in [4.69, 9.17) is 10.5 Å². The number of nitrogens with zero attached hydrogens (tertiary/aromatic N) is 2. The molecule has 1 heterocycles. The summed E-state index contributed by atoms with van der Waals surface area (Å²) < 4.78 is 5.77.